The first kappa shape index (κ1) is 21.2. The van der Waals surface area contributed by atoms with Crippen molar-refractivity contribution in [1.82, 2.24) is 10.6 Å². The van der Waals surface area contributed by atoms with Crippen molar-refractivity contribution in [3.8, 4) is 0 Å². The molecule has 1 aliphatic carbocycles. The first-order valence-corrected chi connectivity index (χ1v) is 11.2. The van der Waals surface area contributed by atoms with Crippen LogP contribution in [0.2, 0.25) is 0 Å². The molecule has 27 heavy (non-hydrogen) atoms. The summed E-state index contributed by atoms with van der Waals surface area (Å²) < 4.78 is 26.1. The second-order valence-corrected chi connectivity index (χ2v) is 8.75. The molecule has 0 radical (unpaired) electrons. The molecule has 1 aliphatic rings. The quantitative estimate of drug-likeness (QED) is 0.597. The van der Waals surface area contributed by atoms with Gasteiger partial charge in [0.05, 0.1) is 5.75 Å². The van der Waals surface area contributed by atoms with Crippen molar-refractivity contribution in [2.45, 2.75) is 57.9 Å². The van der Waals surface area contributed by atoms with E-state index in [-0.39, 0.29) is 36.6 Å². The topological polar surface area (TPSA) is 104 Å². The van der Waals surface area contributed by atoms with Gasteiger partial charge in [-0.2, -0.15) is 0 Å². The maximum Gasteiger partial charge on any atom is 0.251 e. The number of hydrogen-bond donors (Lipinski definition) is 3. The van der Waals surface area contributed by atoms with Crippen LogP contribution in [0.25, 0.3) is 0 Å². The van der Waals surface area contributed by atoms with Crippen molar-refractivity contribution < 1.29 is 18.0 Å². The van der Waals surface area contributed by atoms with Crippen molar-refractivity contribution in [3.05, 3.63) is 29.8 Å². The number of carbonyl (C=O) groups is 2. The Morgan fingerprint density at radius 3 is 2.59 bits per heavy atom. The maximum absolute atomic E-state index is 12.2. The fraction of sp³-hybridized carbons (Fsp3) is 0.579. The molecule has 1 fully saturated rings. The van der Waals surface area contributed by atoms with E-state index >= 15 is 0 Å². The average molecular weight is 396 g/mol. The summed E-state index contributed by atoms with van der Waals surface area (Å²) in [4.78, 5) is 24.2. The van der Waals surface area contributed by atoms with Gasteiger partial charge in [0.25, 0.3) is 5.91 Å². The number of nitrogens with one attached hydrogen (secondary N) is 3. The fourth-order valence-electron chi connectivity index (χ4n) is 3.16. The third-order valence-electron chi connectivity index (χ3n) is 4.48. The molecular weight excluding hydrogens is 366 g/mol. The highest BCUT2D eigenvalue weighted by Gasteiger charge is 2.16. The van der Waals surface area contributed by atoms with E-state index in [1.807, 2.05) is 0 Å². The summed E-state index contributed by atoms with van der Waals surface area (Å²) in [7, 11) is -3.40. The van der Waals surface area contributed by atoms with Crippen LogP contribution in [0.3, 0.4) is 0 Å². The molecule has 7 nitrogen and oxygen atoms in total. The molecule has 1 aromatic carbocycles. The largest absolute Gasteiger partial charge is 0.353 e. The third kappa shape index (κ3) is 7.58. The highest BCUT2D eigenvalue weighted by Crippen LogP contribution is 2.17. The molecule has 0 aromatic heterocycles. The van der Waals surface area contributed by atoms with Crippen LogP contribution in [0.15, 0.2) is 24.3 Å². The summed E-state index contributed by atoms with van der Waals surface area (Å²) >= 11 is 0. The van der Waals surface area contributed by atoms with Gasteiger partial charge >= 0.3 is 0 Å². The smallest absolute Gasteiger partial charge is 0.251 e. The van der Waals surface area contributed by atoms with Crippen molar-refractivity contribution in [3.63, 3.8) is 0 Å². The molecule has 0 unspecified atom stereocenters. The van der Waals surface area contributed by atoms with Crippen LogP contribution in [-0.2, 0) is 14.8 Å². The lowest BCUT2D eigenvalue weighted by molar-refractivity contribution is -0.121. The van der Waals surface area contributed by atoms with Gasteiger partial charge in [0.15, 0.2) is 0 Å². The van der Waals surface area contributed by atoms with Crippen molar-refractivity contribution in [2.75, 3.05) is 17.0 Å². The summed E-state index contributed by atoms with van der Waals surface area (Å²) in [5, 5.41) is 5.72. The molecule has 0 heterocycles. The summed E-state index contributed by atoms with van der Waals surface area (Å²) in [5.41, 5.74) is 0.700. The number of sulfonamides is 1. The first-order chi connectivity index (χ1) is 12.9. The van der Waals surface area contributed by atoms with E-state index in [1.54, 1.807) is 25.1 Å². The van der Waals surface area contributed by atoms with E-state index in [0.717, 1.165) is 25.7 Å². The monoisotopic (exact) mass is 395 g/mol. The Balaban J connectivity index is 1.80. The Kier molecular flexibility index (Phi) is 8.09. The predicted octanol–water partition coefficient (Wildman–Crippen LogP) is 2.41. The highest BCUT2D eigenvalue weighted by atomic mass is 32.2. The summed E-state index contributed by atoms with van der Waals surface area (Å²) in [5.74, 6) is -0.361. The van der Waals surface area contributed by atoms with Gasteiger partial charge in [0.2, 0.25) is 15.9 Å². The molecule has 0 spiro atoms. The van der Waals surface area contributed by atoms with E-state index in [9.17, 15) is 18.0 Å². The van der Waals surface area contributed by atoms with Gasteiger partial charge in [-0.1, -0.05) is 32.3 Å². The second kappa shape index (κ2) is 10.3. The summed E-state index contributed by atoms with van der Waals surface area (Å²) in [6.45, 7) is 2.02. The van der Waals surface area contributed by atoms with Crippen LogP contribution in [0.4, 0.5) is 5.69 Å². The SMILES string of the molecule is CCCS(=O)(=O)Nc1cccc(C(=O)NCCC(=O)NC2CCCCC2)c1. The molecule has 0 saturated heterocycles. The number of amides is 2. The van der Waals surface area contributed by atoms with Crippen molar-refractivity contribution in [2.24, 2.45) is 0 Å². The maximum atomic E-state index is 12.2. The standard InChI is InChI=1S/C19H29N3O4S/c1-2-13-27(25,26)22-17-10-6-7-15(14-17)19(24)20-12-11-18(23)21-16-8-4-3-5-9-16/h6-7,10,14,16,22H,2-5,8-9,11-13H2,1H3,(H,20,24)(H,21,23). The van der Waals surface area contributed by atoms with Crippen LogP contribution < -0.4 is 15.4 Å². The molecule has 2 amide bonds. The van der Waals surface area contributed by atoms with E-state index < -0.39 is 10.0 Å². The molecule has 2 rings (SSSR count). The number of carbonyl (C=O) groups excluding carboxylic acids is 2. The number of rotatable bonds is 9. The van der Waals surface area contributed by atoms with Gasteiger partial charge in [-0.25, -0.2) is 8.42 Å². The van der Waals surface area contributed by atoms with Gasteiger partial charge in [-0.05, 0) is 37.5 Å². The predicted molar refractivity (Wildman–Crippen MR) is 106 cm³/mol. The average Bonchev–Trinajstić information content (AvgIpc) is 2.62. The number of hydrogen-bond acceptors (Lipinski definition) is 4. The molecule has 8 heteroatoms. The fourth-order valence-corrected chi connectivity index (χ4v) is 4.29. The zero-order valence-corrected chi connectivity index (χ0v) is 16.6. The van der Waals surface area contributed by atoms with Crippen LogP contribution in [0, 0.1) is 0 Å². The van der Waals surface area contributed by atoms with Gasteiger partial charge in [0, 0.05) is 30.3 Å². The molecule has 1 aromatic rings. The highest BCUT2D eigenvalue weighted by molar-refractivity contribution is 7.92. The first-order valence-electron chi connectivity index (χ1n) is 9.58. The lowest BCUT2D eigenvalue weighted by atomic mass is 9.95. The van der Waals surface area contributed by atoms with E-state index in [0.29, 0.717) is 17.7 Å². The van der Waals surface area contributed by atoms with Crippen LogP contribution in [-0.4, -0.2) is 38.6 Å². The van der Waals surface area contributed by atoms with Crippen LogP contribution >= 0.6 is 0 Å². The Hall–Kier alpha value is -2.09. The minimum absolute atomic E-state index is 0.0273. The summed E-state index contributed by atoms with van der Waals surface area (Å²) in [6, 6.07) is 6.57. The van der Waals surface area contributed by atoms with Crippen LogP contribution in [0.5, 0.6) is 0 Å². The Labute approximate surface area is 161 Å². The lowest BCUT2D eigenvalue weighted by Gasteiger charge is -2.22. The Morgan fingerprint density at radius 2 is 1.89 bits per heavy atom. The molecule has 150 valence electrons. The molecule has 0 atom stereocenters. The molecule has 1 saturated carbocycles. The second-order valence-electron chi connectivity index (χ2n) is 6.91. The van der Waals surface area contributed by atoms with Crippen molar-refractivity contribution >= 4 is 27.5 Å². The van der Waals surface area contributed by atoms with Gasteiger partial charge < -0.3 is 10.6 Å². The van der Waals surface area contributed by atoms with E-state index in [4.69, 9.17) is 0 Å². The lowest BCUT2D eigenvalue weighted by Crippen LogP contribution is -2.38. The van der Waals surface area contributed by atoms with E-state index in [2.05, 4.69) is 15.4 Å². The molecule has 0 bridgehead atoms. The van der Waals surface area contributed by atoms with Gasteiger partial charge in [-0.15, -0.1) is 0 Å². The minimum atomic E-state index is -3.40. The van der Waals surface area contributed by atoms with Gasteiger partial charge in [0.1, 0.15) is 0 Å². The zero-order chi connectivity index (χ0) is 19.7. The van der Waals surface area contributed by atoms with Crippen LogP contribution in [0.1, 0.15) is 62.2 Å². The summed E-state index contributed by atoms with van der Waals surface area (Å²) in [6.07, 6.45) is 6.33. The molecular formula is C19H29N3O4S. The normalized spacial score (nSPS) is 15.1. The minimum Gasteiger partial charge on any atom is -0.353 e. The molecule has 0 aliphatic heterocycles. The zero-order valence-electron chi connectivity index (χ0n) is 15.8. The Morgan fingerprint density at radius 1 is 1.15 bits per heavy atom. The number of benzene rings is 1. The number of anilines is 1. The van der Waals surface area contributed by atoms with E-state index in [1.165, 1.54) is 12.5 Å². The third-order valence-corrected chi connectivity index (χ3v) is 5.97. The Bertz CT molecular complexity index is 743. The van der Waals surface area contributed by atoms with Crippen molar-refractivity contribution in [1.29, 1.82) is 0 Å². The van der Waals surface area contributed by atoms with Gasteiger partial charge in [-0.3, -0.25) is 14.3 Å². The molecule has 3 N–H and O–H groups in total.